The highest BCUT2D eigenvalue weighted by Gasteiger charge is 2.30. The Bertz CT molecular complexity index is 736. The average molecular weight is 312 g/mol. The van der Waals surface area contributed by atoms with Gasteiger partial charge < -0.3 is 14.2 Å². The molecule has 0 amide bonds. The van der Waals surface area contributed by atoms with Gasteiger partial charge in [0.2, 0.25) is 0 Å². The molecule has 0 radical (unpaired) electrons. The van der Waals surface area contributed by atoms with E-state index >= 15 is 0 Å². The molecule has 0 saturated carbocycles. The van der Waals surface area contributed by atoms with Gasteiger partial charge in [0.15, 0.2) is 5.78 Å². The summed E-state index contributed by atoms with van der Waals surface area (Å²) >= 11 is 0. The van der Waals surface area contributed by atoms with Crippen LogP contribution in [0.5, 0.6) is 17.2 Å². The summed E-state index contributed by atoms with van der Waals surface area (Å²) < 4.78 is 15.9. The van der Waals surface area contributed by atoms with Crippen molar-refractivity contribution in [1.29, 1.82) is 0 Å². The molecule has 0 spiro atoms. The van der Waals surface area contributed by atoms with Gasteiger partial charge in [0.1, 0.15) is 17.2 Å². The number of hydrogen-bond donors (Lipinski definition) is 0. The maximum Gasteiger partial charge on any atom is 0.170 e. The van der Waals surface area contributed by atoms with Crippen LogP contribution in [-0.2, 0) is 6.42 Å². The van der Waals surface area contributed by atoms with Crippen LogP contribution >= 0.6 is 0 Å². The van der Waals surface area contributed by atoms with E-state index in [1.807, 2.05) is 36.4 Å². The van der Waals surface area contributed by atoms with Gasteiger partial charge in [-0.1, -0.05) is 6.07 Å². The van der Waals surface area contributed by atoms with E-state index in [0.717, 1.165) is 41.0 Å². The third-order valence-electron chi connectivity index (χ3n) is 4.41. The van der Waals surface area contributed by atoms with Gasteiger partial charge >= 0.3 is 0 Å². The molecule has 0 N–H and O–H groups in total. The summed E-state index contributed by atoms with van der Waals surface area (Å²) in [4.78, 5) is 12.9. The quantitative estimate of drug-likeness (QED) is 0.865. The van der Waals surface area contributed by atoms with E-state index in [-0.39, 0.29) is 11.7 Å². The Kier molecular flexibility index (Phi) is 4.24. The number of hydrogen-bond acceptors (Lipinski definition) is 4. The number of ether oxygens (including phenoxy) is 3. The smallest absolute Gasteiger partial charge is 0.170 e. The van der Waals surface area contributed by atoms with Crippen LogP contribution in [0, 0.1) is 0 Å². The highest BCUT2D eigenvalue weighted by molar-refractivity contribution is 6.03. The minimum absolute atomic E-state index is 0.136. The molecule has 23 heavy (non-hydrogen) atoms. The zero-order chi connectivity index (χ0) is 16.4. The molecule has 3 rings (SSSR count). The standard InChI is InChI=1S/C19H20O4/c1-21-13-5-8-15-12(10-13)4-7-17(19(15)20)16-9-6-14(22-2)11-18(16)23-3/h5-6,8-11,17H,4,7H2,1-3H3. The van der Waals surface area contributed by atoms with E-state index in [0.29, 0.717) is 5.75 Å². The lowest BCUT2D eigenvalue weighted by atomic mass is 9.78. The number of carbonyl (C=O) groups is 1. The number of fused-ring (bicyclic) bond motifs is 1. The lowest BCUT2D eigenvalue weighted by Crippen LogP contribution is -2.21. The number of rotatable bonds is 4. The molecule has 0 heterocycles. The first kappa shape index (κ1) is 15.4. The molecular formula is C19H20O4. The molecule has 1 unspecified atom stereocenters. The lowest BCUT2D eigenvalue weighted by Gasteiger charge is -2.25. The molecule has 120 valence electrons. The summed E-state index contributed by atoms with van der Waals surface area (Å²) in [6, 6.07) is 11.3. The Morgan fingerprint density at radius 3 is 2.30 bits per heavy atom. The summed E-state index contributed by atoms with van der Waals surface area (Å²) in [7, 11) is 4.87. The van der Waals surface area contributed by atoms with Crippen LogP contribution in [0.4, 0.5) is 0 Å². The normalized spacial score (nSPS) is 16.7. The number of Topliss-reactive ketones (excluding diaryl/α,β-unsaturated/α-hetero) is 1. The van der Waals surface area contributed by atoms with Gasteiger partial charge in [-0.3, -0.25) is 4.79 Å². The van der Waals surface area contributed by atoms with Crippen molar-refractivity contribution in [3.8, 4) is 17.2 Å². The van der Waals surface area contributed by atoms with Crippen LogP contribution in [0.2, 0.25) is 0 Å². The Morgan fingerprint density at radius 2 is 1.61 bits per heavy atom. The summed E-state index contributed by atoms with van der Waals surface area (Å²) in [5.41, 5.74) is 2.75. The molecule has 0 fully saturated rings. The van der Waals surface area contributed by atoms with E-state index in [1.54, 1.807) is 21.3 Å². The van der Waals surface area contributed by atoms with Gasteiger partial charge in [-0.05, 0) is 42.7 Å². The first-order valence-electron chi connectivity index (χ1n) is 7.61. The fourth-order valence-corrected chi connectivity index (χ4v) is 3.17. The van der Waals surface area contributed by atoms with Crippen LogP contribution in [-0.4, -0.2) is 27.1 Å². The van der Waals surface area contributed by atoms with Crippen molar-refractivity contribution in [2.75, 3.05) is 21.3 Å². The summed E-state index contributed by atoms with van der Waals surface area (Å²) in [5.74, 6) is 2.16. The zero-order valence-electron chi connectivity index (χ0n) is 13.6. The summed E-state index contributed by atoms with van der Waals surface area (Å²) in [5, 5.41) is 0. The van der Waals surface area contributed by atoms with E-state index in [2.05, 4.69) is 0 Å². The maximum atomic E-state index is 12.9. The molecule has 1 aliphatic rings. The molecule has 1 atom stereocenters. The number of carbonyl (C=O) groups excluding carboxylic acids is 1. The molecule has 0 aliphatic heterocycles. The van der Waals surface area contributed by atoms with Crippen LogP contribution in [0.25, 0.3) is 0 Å². The monoisotopic (exact) mass is 312 g/mol. The number of ketones is 1. The Hall–Kier alpha value is -2.49. The number of methoxy groups -OCH3 is 3. The van der Waals surface area contributed by atoms with Crippen molar-refractivity contribution in [2.45, 2.75) is 18.8 Å². The van der Waals surface area contributed by atoms with Gasteiger partial charge in [0, 0.05) is 17.2 Å². The van der Waals surface area contributed by atoms with Crippen LogP contribution in [0.1, 0.15) is 33.8 Å². The van der Waals surface area contributed by atoms with Crippen molar-refractivity contribution in [3.63, 3.8) is 0 Å². The van der Waals surface area contributed by atoms with E-state index in [1.165, 1.54) is 0 Å². The lowest BCUT2D eigenvalue weighted by molar-refractivity contribution is 0.0944. The highest BCUT2D eigenvalue weighted by atomic mass is 16.5. The molecule has 0 saturated heterocycles. The van der Waals surface area contributed by atoms with Crippen molar-refractivity contribution < 1.29 is 19.0 Å². The average Bonchev–Trinajstić information content (AvgIpc) is 2.61. The van der Waals surface area contributed by atoms with Crippen LogP contribution in [0.15, 0.2) is 36.4 Å². The minimum Gasteiger partial charge on any atom is -0.497 e. The zero-order valence-corrected chi connectivity index (χ0v) is 13.6. The Balaban J connectivity index is 1.98. The highest BCUT2D eigenvalue weighted by Crippen LogP contribution is 2.39. The summed E-state index contributed by atoms with van der Waals surface area (Å²) in [6.45, 7) is 0. The Labute approximate surface area is 136 Å². The van der Waals surface area contributed by atoms with E-state index in [9.17, 15) is 4.79 Å². The fourth-order valence-electron chi connectivity index (χ4n) is 3.17. The second kappa shape index (κ2) is 6.32. The molecular weight excluding hydrogens is 292 g/mol. The largest absolute Gasteiger partial charge is 0.497 e. The third-order valence-corrected chi connectivity index (χ3v) is 4.41. The molecule has 4 nitrogen and oxygen atoms in total. The molecule has 4 heteroatoms. The van der Waals surface area contributed by atoms with Crippen molar-refractivity contribution in [1.82, 2.24) is 0 Å². The predicted octanol–water partition coefficient (Wildman–Crippen LogP) is 3.63. The van der Waals surface area contributed by atoms with Crippen molar-refractivity contribution in [3.05, 3.63) is 53.1 Å². The van der Waals surface area contributed by atoms with E-state index in [4.69, 9.17) is 14.2 Å². The van der Waals surface area contributed by atoms with Gasteiger partial charge in [0.25, 0.3) is 0 Å². The first-order chi connectivity index (χ1) is 11.2. The second-order valence-corrected chi connectivity index (χ2v) is 5.59. The van der Waals surface area contributed by atoms with Gasteiger partial charge in [-0.25, -0.2) is 0 Å². The van der Waals surface area contributed by atoms with Crippen LogP contribution in [0.3, 0.4) is 0 Å². The van der Waals surface area contributed by atoms with E-state index < -0.39 is 0 Å². The van der Waals surface area contributed by atoms with Gasteiger partial charge in [-0.2, -0.15) is 0 Å². The molecule has 2 aromatic carbocycles. The molecule has 0 bridgehead atoms. The number of benzene rings is 2. The predicted molar refractivity (Wildman–Crippen MR) is 87.9 cm³/mol. The van der Waals surface area contributed by atoms with Gasteiger partial charge in [0.05, 0.1) is 27.2 Å². The van der Waals surface area contributed by atoms with Crippen molar-refractivity contribution in [2.24, 2.45) is 0 Å². The molecule has 2 aromatic rings. The third kappa shape index (κ3) is 2.77. The van der Waals surface area contributed by atoms with Crippen molar-refractivity contribution >= 4 is 5.78 Å². The topological polar surface area (TPSA) is 44.8 Å². The second-order valence-electron chi connectivity index (χ2n) is 5.59. The molecule has 0 aromatic heterocycles. The van der Waals surface area contributed by atoms with Crippen LogP contribution < -0.4 is 14.2 Å². The summed E-state index contributed by atoms with van der Waals surface area (Å²) in [6.07, 6.45) is 1.61. The fraction of sp³-hybridized carbons (Fsp3) is 0.316. The maximum absolute atomic E-state index is 12.9. The molecule has 1 aliphatic carbocycles. The SMILES string of the molecule is COc1ccc2c(c1)CCC(c1ccc(OC)cc1OC)C2=O. The van der Waals surface area contributed by atoms with Gasteiger partial charge in [-0.15, -0.1) is 0 Å². The first-order valence-corrected chi connectivity index (χ1v) is 7.61. The number of aryl methyl sites for hydroxylation is 1. The Morgan fingerprint density at radius 1 is 0.913 bits per heavy atom. The minimum atomic E-state index is -0.184.